The van der Waals surface area contributed by atoms with Gasteiger partial charge in [0.05, 0.1) is 13.1 Å². The first-order valence-corrected chi connectivity index (χ1v) is 6.95. The number of aromatic nitrogens is 1. The number of rotatable bonds is 5. The lowest BCUT2D eigenvalue weighted by Gasteiger charge is -2.38. The normalized spacial score (nSPS) is 14.3. The number of amides is 1. The first-order valence-electron chi connectivity index (χ1n) is 6.95. The first kappa shape index (κ1) is 14.3. The Bertz CT molecular complexity index is 645. The van der Waals surface area contributed by atoms with Crippen molar-refractivity contribution in [1.29, 1.82) is 0 Å². The number of halogens is 1. The van der Waals surface area contributed by atoms with Crippen molar-refractivity contribution in [3.8, 4) is 11.6 Å². The highest BCUT2D eigenvalue weighted by Gasteiger charge is 2.32. The van der Waals surface area contributed by atoms with E-state index in [0.717, 1.165) is 0 Å². The van der Waals surface area contributed by atoms with Crippen molar-refractivity contribution in [2.45, 2.75) is 6.10 Å². The fourth-order valence-electron chi connectivity index (χ4n) is 2.10. The molecule has 6 heteroatoms. The molecule has 5 nitrogen and oxygen atoms in total. The highest BCUT2D eigenvalue weighted by molar-refractivity contribution is 5.78. The van der Waals surface area contributed by atoms with E-state index in [1.807, 2.05) is 12.1 Å². The molecular formula is C16H15FN2O3. The minimum Gasteiger partial charge on any atom is -0.481 e. The first-order chi connectivity index (χ1) is 10.7. The number of para-hydroxylation sites is 1. The number of benzene rings is 1. The Kier molecular flexibility index (Phi) is 4.18. The average molecular weight is 302 g/mol. The van der Waals surface area contributed by atoms with Gasteiger partial charge in [0.15, 0.2) is 18.2 Å². The Hall–Kier alpha value is -2.63. The molecule has 0 bridgehead atoms. The van der Waals surface area contributed by atoms with Crippen LogP contribution in [0.25, 0.3) is 0 Å². The molecule has 0 N–H and O–H groups in total. The van der Waals surface area contributed by atoms with Crippen molar-refractivity contribution in [2.24, 2.45) is 0 Å². The average Bonchev–Trinajstić information content (AvgIpc) is 2.50. The van der Waals surface area contributed by atoms with Crippen LogP contribution < -0.4 is 9.47 Å². The summed E-state index contributed by atoms with van der Waals surface area (Å²) in [7, 11) is 0. The summed E-state index contributed by atoms with van der Waals surface area (Å²) >= 11 is 0. The zero-order valence-corrected chi connectivity index (χ0v) is 11.8. The smallest absolute Gasteiger partial charge is 0.260 e. The van der Waals surface area contributed by atoms with E-state index in [-0.39, 0.29) is 24.4 Å². The van der Waals surface area contributed by atoms with Crippen molar-refractivity contribution in [3.63, 3.8) is 0 Å². The Labute approximate surface area is 127 Å². The Morgan fingerprint density at radius 2 is 2.00 bits per heavy atom. The van der Waals surface area contributed by atoms with Crippen LogP contribution >= 0.6 is 0 Å². The monoisotopic (exact) mass is 302 g/mol. The summed E-state index contributed by atoms with van der Waals surface area (Å²) in [5.74, 6) is -0.0424. The van der Waals surface area contributed by atoms with E-state index in [2.05, 4.69) is 4.98 Å². The maximum Gasteiger partial charge on any atom is 0.260 e. The molecular weight excluding hydrogens is 287 g/mol. The van der Waals surface area contributed by atoms with Crippen LogP contribution in [0, 0.1) is 5.82 Å². The molecule has 2 aromatic rings. The second-order valence-electron chi connectivity index (χ2n) is 4.93. The molecule has 1 aromatic heterocycles. The van der Waals surface area contributed by atoms with Gasteiger partial charge in [0.1, 0.15) is 6.10 Å². The maximum atomic E-state index is 13.4. The van der Waals surface area contributed by atoms with Gasteiger partial charge >= 0.3 is 0 Å². The molecule has 22 heavy (non-hydrogen) atoms. The third-order valence-corrected chi connectivity index (χ3v) is 3.31. The SMILES string of the molecule is O=C(COc1ccccc1F)N1CC(Oc2ccccn2)C1. The summed E-state index contributed by atoms with van der Waals surface area (Å²) < 4.78 is 24.2. The molecule has 3 rings (SSSR count). The van der Waals surface area contributed by atoms with Crippen LogP contribution in [0.1, 0.15) is 0 Å². The van der Waals surface area contributed by atoms with Gasteiger partial charge in [-0.15, -0.1) is 0 Å². The third kappa shape index (κ3) is 3.33. The van der Waals surface area contributed by atoms with Gasteiger partial charge in [-0.25, -0.2) is 9.37 Å². The van der Waals surface area contributed by atoms with E-state index in [9.17, 15) is 9.18 Å². The lowest BCUT2D eigenvalue weighted by molar-refractivity contribution is -0.142. The van der Waals surface area contributed by atoms with Gasteiger partial charge in [0.2, 0.25) is 5.88 Å². The highest BCUT2D eigenvalue weighted by atomic mass is 19.1. The molecule has 2 heterocycles. The zero-order chi connectivity index (χ0) is 15.4. The Morgan fingerprint density at radius 3 is 2.73 bits per heavy atom. The lowest BCUT2D eigenvalue weighted by Crippen LogP contribution is -2.57. The number of ether oxygens (including phenoxy) is 2. The molecule has 1 fully saturated rings. The van der Waals surface area contributed by atoms with Crippen LogP contribution in [0.4, 0.5) is 4.39 Å². The number of hydrogen-bond acceptors (Lipinski definition) is 4. The van der Waals surface area contributed by atoms with E-state index >= 15 is 0 Å². The van der Waals surface area contributed by atoms with Crippen LogP contribution in [-0.2, 0) is 4.79 Å². The summed E-state index contributed by atoms with van der Waals surface area (Å²) in [4.78, 5) is 17.6. The molecule has 114 valence electrons. The van der Waals surface area contributed by atoms with Gasteiger partial charge in [0.25, 0.3) is 5.91 Å². The quantitative estimate of drug-likeness (QED) is 0.846. The molecule has 1 saturated heterocycles. The van der Waals surface area contributed by atoms with Gasteiger partial charge < -0.3 is 14.4 Å². The topological polar surface area (TPSA) is 51.7 Å². The number of hydrogen-bond donors (Lipinski definition) is 0. The summed E-state index contributed by atoms with van der Waals surface area (Å²) in [6, 6.07) is 11.4. The van der Waals surface area contributed by atoms with Crippen molar-refractivity contribution >= 4 is 5.91 Å². The van der Waals surface area contributed by atoms with E-state index in [1.165, 1.54) is 12.1 Å². The van der Waals surface area contributed by atoms with Gasteiger partial charge in [0, 0.05) is 12.3 Å². The van der Waals surface area contributed by atoms with Crippen LogP contribution in [-0.4, -0.2) is 41.6 Å². The molecule has 1 aliphatic rings. The summed E-state index contributed by atoms with van der Waals surface area (Å²) in [5, 5.41) is 0. The second-order valence-corrected chi connectivity index (χ2v) is 4.93. The Morgan fingerprint density at radius 1 is 1.23 bits per heavy atom. The van der Waals surface area contributed by atoms with E-state index in [1.54, 1.807) is 29.3 Å². The largest absolute Gasteiger partial charge is 0.481 e. The minimum atomic E-state index is -0.477. The van der Waals surface area contributed by atoms with E-state index < -0.39 is 5.82 Å². The number of carbonyl (C=O) groups is 1. The van der Waals surface area contributed by atoms with Crippen molar-refractivity contribution in [2.75, 3.05) is 19.7 Å². The molecule has 1 aliphatic heterocycles. The Balaban J connectivity index is 1.43. The standard InChI is InChI=1S/C16H15FN2O3/c17-13-5-1-2-6-14(13)21-11-16(20)19-9-12(10-19)22-15-7-3-4-8-18-15/h1-8,12H,9-11H2. The lowest BCUT2D eigenvalue weighted by atomic mass is 10.1. The molecule has 0 unspecified atom stereocenters. The summed E-state index contributed by atoms with van der Waals surface area (Å²) in [6.07, 6.45) is 1.59. The fraction of sp³-hybridized carbons (Fsp3) is 0.250. The van der Waals surface area contributed by atoms with Gasteiger partial charge in [-0.2, -0.15) is 0 Å². The molecule has 0 aliphatic carbocycles. The van der Waals surface area contributed by atoms with Crippen LogP contribution in [0.2, 0.25) is 0 Å². The second kappa shape index (κ2) is 6.43. The number of nitrogens with zero attached hydrogens (tertiary/aromatic N) is 2. The van der Waals surface area contributed by atoms with Crippen molar-refractivity contribution in [3.05, 3.63) is 54.5 Å². The number of carbonyl (C=O) groups excluding carboxylic acids is 1. The third-order valence-electron chi connectivity index (χ3n) is 3.31. The van der Waals surface area contributed by atoms with E-state index in [4.69, 9.17) is 9.47 Å². The van der Waals surface area contributed by atoms with Crippen molar-refractivity contribution < 1.29 is 18.7 Å². The van der Waals surface area contributed by atoms with Crippen molar-refractivity contribution in [1.82, 2.24) is 9.88 Å². The van der Waals surface area contributed by atoms with Crippen LogP contribution in [0.3, 0.4) is 0 Å². The van der Waals surface area contributed by atoms with Gasteiger partial charge in [-0.05, 0) is 18.2 Å². The predicted molar refractivity (Wildman–Crippen MR) is 77.1 cm³/mol. The molecule has 0 radical (unpaired) electrons. The molecule has 1 aromatic carbocycles. The van der Waals surface area contributed by atoms with Crippen LogP contribution in [0.5, 0.6) is 11.6 Å². The summed E-state index contributed by atoms with van der Waals surface area (Å²) in [6.45, 7) is 0.781. The number of pyridine rings is 1. The van der Waals surface area contributed by atoms with Gasteiger partial charge in [-0.3, -0.25) is 4.79 Å². The summed E-state index contributed by atoms with van der Waals surface area (Å²) in [5.41, 5.74) is 0. The van der Waals surface area contributed by atoms with Crippen LogP contribution in [0.15, 0.2) is 48.7 Å². The maximum absolute atomic E-state index is 13.4. The molecule has 0 spiro atoms. The zero-order valence-electron chi connectivity index (χ0n) is 11.8. The van der Waals surface area contributed by atoms with E-state index in [0.29, 0.717) is 19.0 Å². The minimum absolute atomic E-state index is 0.0627. The fourth-order valence-corrected chi connectivity index (χ4v) is 2.10. The number of likely N-dealkylation sites (tertiary alicyclic amines) is 1. The molecule has 1 amide bonds. The molecule has 0 atom stereocenters. The van der Waals surface area contributed by atoms with Gasteiger partial charge in [-0.1, -0.05) is 18.2 Å². The highest BCUT2D eigenvalue weighted by Crippen LogP contribution is 2.18. The predicted octanol–water partition coefficient (Wildman–Crippen LogP) is 1.89. The molecule has 0 saturated carbocycles.